The Morgan fingerprint density at radius 2 is 2.11 bits per heavy atom. The normalized spacial score (nSPS) is 12.6. The van der Waals surface area contributed by atoms with E-state index in [0.29, 0.717) is 0 Å². The molecule has 0 aliphatic heterocycles. The minimum atomic E-state index is -0.459. The molecule has 0 aliphatic carbocycles. The highest BCUT2D eigenvalue weighted by molar-refractivity contribution is 5.70. The summed E-state index contributed by atoms with van der Waals surface area (Å²) in [4.78, 5) is 11.7. The van der Waals surface area contributed by atoms with Crippen LogP contribution in [0.1, 0.15) is 39.7 Å². The first kappa shape index (κ1) is 15.3. The summed E-state index contributed by atoms with van der Waals surface area (Å²) < 4.78 is 10.9. The Morgan fingerprint density at radius 3 is 2.68 bits per heavy atom. The van der Waals surface area contributed by atoms with E-state index in [1.54, 1.807) is 6.08 Å². The second-order valence-corrected chi connectivity index (χ2v) is 5.50. The van der Waals surface area contributed by atoms with Crippen LogP contribution in [0.5, 0.6) is 5.75 Å². The van der Waals surface area contributed by atoms with Crippen molar-refractivity contribution in [3.63, 3.8) is 0 Å². The Hall–Kier alpha value is -1.77. The second-order valence-electron chi connectivity index (χ2n) is 5.50. The van der Waals surface area contributed by atoms with Crippen LogP contribution in [0.25, 0.3) is 6.08 Å². The fraction of sp³-hybridized carbons (Fsp3) is 0.438. The van der Waals surface area contributed by atoms with Gasteiger partial charge in [0.25, 0.3) is 0 Å². The number of ether oxygens (including phenoxy) is 2. The second kappa shape index (κ2) is 6.41. The van der Waals surface area contributed by atoms with Gasteiger partial charge in [0.05, 0.1) is 6.42 Å². The molecule has 19 heavy (non-hydrogen) atoms. The van der Waals surface area contributed by atoms with E-state index in [1.807, 2.05) is 52.0 Å². The van der Waals surface area contributed by atoms with E-state index in [0.717, 1.165) is 11.3 Å². The highest BCUT2D eigenvalue weighted by Gasteiger charge is 2.19. The molecule has 0 saturated heterocycles. The molecule has 1 aromatic rings. The van der Waals surface area contributed by atoms with E-state index in [2.05, 4.69) is 6.58 Å². The summed E-state index contributed by atoms with van der Waals surface area (Å²) in [5, 5.41) is 0. The number of carbonyl (C=O) groups excluding carboxylic acids is 1. The number of hydrogen-bond acceptors (Lipinski definition) is 3. The number of rotatable bonds is 5. The Balaban J connectivity index is 2.52. The fourth-order valence-corrected chi connectivity index (χ4v) is 1.61. The van der Waals surface area contributed by atoms with Gasteiger partial charge in [-0.25, -0.2) is 0 Å². The van der Waals surface area contributed by atoms with Crippen LogP contribution >= 0.6 is 0 Å². The van der Waals surface area contributed by atoms with Gasteiger partial charge >= 0.3 is 5.97 Å². The van der Waals surface area contributed by atoms with Crippen LogP contribution in [-0.4, -0.2) is 17.7 Å². The lowest BCUT2D eigenvalue weighted by Crippen LogP contribution is -2.27. The zero-order valence-corrected chi connectivity index (χ0v) is 12.1. The van der Waals surface area contributed by atoms with Gasteiger partial charge in [0.1, 0.15) is 17.5 Å². The third-order valence-electron chi connectivity index (χ3n) is 2.31. The fourth-order valence-electron chi connectivity index (χ4n) is 1.61. The van der Waals surface area contributed by atoms with Gasteiger partial charge in [0, 0.05) is 0 Å². The van der Waals surface area contributed by atoms with Crippen molar-refractivity contribution in [3.05, 3.63) is 36.4 Å². The maximum Gasteiger partial charge on any atom is 0.310 e. The molecule has 0 amide bonds. The Bertz CT molecular complexity index is 444. The van der Waals surface area contributed by atoms with Crippen molar-refractivity contribution in [2.24, 2.45) is 0 Å². The first-order chi connectivity index (χ1) is 8.80. The van der Waals surface area contributed by atoms with Gasteiger partial charge in [-0.2, -0.15) is 0 Å². The van der Waals surface area contributed by atoms with E-state index < -0.39 is 5.60 Å². The van der Waals surface area contributed by atoms with Crippen LogP contribution in [0.15, 0.2) is 30.8 Å². The average molecular weight is 262 g/mol. The molecular formula is C16H22O3. The summed E-state index contributed by atoms with van der Waals surface area (Å²) in [6, 6.07) is 7.59. The van der Waals surface area contributed by atoms with Crippen molar-refractivity contribution in [1.82, 2.24) is 0 Å². The first-order valence-electron chi connectivity index (χ1n) is 6.41. The molecule has 1 rings (SSSR count). The van der Waals surface area contributed by atoms with Crippen molar-refractivity contribution < 1.29 is 14.3 Å². The third-order valence-corrected chi connectivity index (χ3v) is 2.31. The molecule has 104 valence electrons. The molecule has 1 aromatic carbocycles. The van der Waals surface area contributed by atoms with Gasteiger partial charge in [-0.3, -0.25) is 4.79 Å². The van der Waals surface area contributed by atoms with Gasteiger partial charge in [0.2, 0.25) is 0 Å². The van der Waals surface area contributed by atoms with E-state index in [1.165, 1.54) is 0 Å². The molecule has 0 saturated carbocycles. The summed E-state index contributed by atoms with van der Waals surface area (Å²) in [6.07, 6.45) is 1.76. The van der Waals surface area contributed by atoms with Crippen LogP contribution in [-0.2, 0) is 9.53 Å². The summed E-state index contributed by atoms with van der Waals surface area (Å²) in [6.45, 7) is 11.1. The molecule has 1 unspecified atom stereocenters. The summed E-state index contributed by atoms with van der Waals surface area (Å²) in [5.74, 6) is 0.480. The van der Waals surface area contributed by atoms with E-state index >= 15 is 0 Å². The lowest BCUT2D eigenvalue weighted by atomic mass is 10.2. The molecule has 0 fully saturated rings. The molecule has 0 spiro atoms. The molecule has 1 atom stereocenters. The number of esters is 1. The largest absolute Gasteiger partial charge is 0.490 e. The van der Waals surface area contributed by atoms with Gasteiger partial charge in [-0.05, 0) is 45.4 Å². The van der Waals surface area contributed by atoms with E-state index in [4.69, 9.17) is 9.47 Å². The zero-order valence-electron chi connectivity index (χ0n) is 12.1. The topological polar surface area (TPSA) is 35.5 Å². The van der Waals surface area contributed by atoms with E-state index in [-0.39, 0.29) is 18.5 Å². The average Bonchev–Trinajstić information content (AvgIpc) is 2.26. The van der Waals surface area contributed by atoms with Crippen LogP contribution in [0.3, 0.4) is 0 Å². The molecule has 3 nitrogen and oxygen atoms in total. The molecule has 0 aliphatic rings. The Morgan fingerprint density at radius 1 is 1.42 bits per heavy atom. The van der Waals surface area contributed by atoms with Gasteiger partial charge in [-0.15, -0.1) is 0 Å². The molecule has 0 heterocycles. The van der Waals surface area contributed by atoms with E-state index in [9.17, 15) is 4.79 Å². The molecular weight excluding hydrogens is 240 g/mol. The van der Waals surface area contributed by atoms with Crippen LogP contribution in [0.4, 0.5) is 0 Å². The van der Waals surface area contributed by atoms with Crippen molar-refractivity contribution in [1.29, 1.82) is 0 Å². The van der Waals surface area contributed by atoms with Gasteiger partial charge in [-0.1, -0.05) is 24.8 Å². The number of hydrogen-bond donors (Lipinski definition) is 0. The summed E-state index contributed by atoms with van der Waals surface area (Å²) in [7, 11) is 0. The number of carbonyl (C=O) groups is 1. The maximum absolute atomic E-state index is 11.7. The minimum absolute atomic E-state index is 0.227. The maximum atomic E-state index is 11.7. The predicted octanol–water partition coefficient (Wildman–Crippen LogP) is 3.83. The summed E-state index contributed by atoms with van der Waals surface area (Å²) in [5.41, 5.74) is 0.529. The van der Waals surface area contributed by atoms with Crippen molar-refractivity contribution in [2.45, 2.75) is 45.8 Å². The monoisotopic (exact) mass is 262 g/mol. The highest BCUT2D eigenvalue weighted by atomic mass is 16.6. The predicted molar refractivity (Wildman–Crippen MR) is 77.1 cm³/mol. The zero-order chi connectivity index (χ0) is 14.5. The van der Waals surface area contributed by atoms with Gasteiger partial charge < -0.3 is 9.47 Å². The minimum Gasteiger partial charge on any atom is -0.490 e. The standard InChI is InChI=1S/C16H22O3/c1-6-13-8-7-9-14(11-13)18-12(2)10-15(17)19-16(3,4)5/h6-9,11-12H,1,10H2,2-5H3. The molecule has 0 aromatic heterocycles. The first-order valence-corrected chi connectivity index (χ1v) is 6.41. The smallest absolute Gasteiger partial charge is 0.310 e. The van der Waals surface area contributed by atoms with Crippen molar-refractivity contribution >= 4 is 12.0 Å². The quantitative estimate of drug-likeness (QED) is 0.756. The lowest BCUT2D eigenvalue weighted by molar-refractivity contribution is -0.156. The number of benzene rings is 1. The third kappa shape index (κ3) is 6.09. The lowest BCUT2D eigenvalue weighted by Gasteiger charge is -2.21. The SMILES string of the molecule is C=Cc1cccc(OC(C)CC(=O)OC(C)(C)C)c1. The molecule has 3 heteroatoms. The molecule has 0 N–H and O–H groups in total. The van der Waals surface area contributed by atoms with Crippen LogP contribution in [0, 0.1) is 0 Å². The van der Waals surface area contributed by atoms with Crippen LogP contribution < -0.4 is 4.74 Å². The van der Waals surface area contributed by atoms with Gasteiger partial charge in [0.15, 0.2) is 0 Å². The Labute approximate surface area is 115 Å². The van der Waals surface area contributed by atoms with Crippen molar-refractivity contribution in [2.75, 3.05) is 0 Å². The summed E-state index contributed by atoms with van der Waals surface area (Å²) >= 11 is 0. The molecule has 0 radical (unpaired) electrons. The Kier molecular flexibility index (Phi) is 5.16. The van der Waals surface area contributed by atoms with Crippen molar-refractivity contribution in [3.8, 4) is 5.75 Å². The van der Waals surface area contributed by atoms with Crippen LogP contribution in [0.2, 0.25) is 0 Å². The molecule has 0 bridgehead atoms. The highest BCUT2D eigenvalue weighted by Crippen LogP contribution is 2.17.